The number of carbonyl (C=O) groups is 2. The molecule has 0 bridgehead atoms. The van der Waals surface area contributed by atoms with E-state index < -0.39 is 83.7 Å². The quantitative estimate of drug-likeness (QED) is 0.0135. The number of aliphatic hydroxyl groups is 2. The molecule has 1 aromatic rings. The number of epoxide rings is 1. The molecule has 21 heteroatoms. The summed E-state index contributed by atoms with van der Waals surface area (Å²) in [4.78, 5) is 61.8. The Morgan fingerprint density at radius 1 is 0.704 bits per heavy atom. The van der Waals surface area contributed by atoms with Gasteiger partial charge in [-0.25, -0.2) is 13.9 Å². The molecule has 2 aliphatic heterocycles. The molecule has 0 spiro atoms. The monoisotopic (exact) mass is 1040 g/mol. The third-order valence-corrected chi connectivity index (χ3v) is 13.8. The zero-order valence-electron chi connectivity index (χ0n) is 41.4. The van der Waals surface area contributed by atoms with E-state index in [0.29, 0.717) is 31.5 Å². The van der Waals surface area contributed by atoms with E-state index in [4.69, 9.17) is 33.7 Å². The summed E-state index contributed by atoms with van der Waals surface area (Å²) in [6.07, 6.45) is 36.1. The van der Waals surface area contributed by atoms with Crippen LogP contribution in [0.15, 0.2) is 90.0 Å². The van der Waals surface area contributed by atoms with Crippen molar-refractivity contribution in [2.75, 3.05) is 25.6 Å². The first-order valence-electron chi connectivity index (χ1n) is 25.1. The van der Waals surface area contributed by atoms with Crippen molar-refractivity contribution in [3.05, 3.63) is 95.7 Å². The van der Waals surface area contributed by atoms with Crippen molar-refractivity contribution in [2.45, 2.75) is 185 Å². The Bertz CT molecular complexity index is 2040. The van der Waals surface area contributed by atoms with Gasteiger partial charge in [0.25, 0.3) is 0 Å². The standard InChI is InChI=1S/C50H79N3O16P2/c1-3-5-7-8-9-10-11-12-17-20-23-26-30-34-46(55)66-40(37-63-45(54)33-29-25-22-19-16-14-13-15-18-21-24-28-32-42-41(67-42)31-27-6-4-2)38-64-70(59,60)69-71(61,62)65-39-43-47(56)48(57)49(68-43)53-36-35-44(51)52-50(53)58/h6,10-11,14-16,18,22,24-25,27-28,35-36,40-43,47-49,56-57H,3-5,7-9,12-13,17,19-21,23,26,29-34,37-39H2,1-2H3,(H,59,60)(H,61,62)(H2,51,52,58)/b11-10-,16-14-,18-15-,25-22-,27-6-,28-24-/t40-,41?,42?,43-,47-,48-,49-/m1/s1. The topological polar surface area (TPSA) is 278 Å². The number of nitrogen functional groups attached to an aromatic ring is 1. The lowest BCUT2D eigenvalue weighted by Gasteiger charge is -2.21. The van der Waals surface area contributed by atoms with Crippen LogP contribution in [-0.4, -0.2) is 97.9 Å². The fraction of sp³-hybridized carbons (Fsp3) is 0.640. The highest BCUT2D eigenvalue weighted by Gasteiger charge is 2.46. The van der Waals surface area contributed by atoms with E-state index in [1.165, 1.54) is 31.7 Å². The normalized spacial score (nSPS) is 22.6. The van der Waals surface area contributed by atoms with Gasteiger partial charge in [0.1, 0.15) is 30.7 Å². The van der Waals surface area contributed by atoms with E-state index in [2.05, 4.69) is 77.8 Å². The number of rotatable bonds is 39. The molecule has 6 N–H and O–H groups in total. The van der Waals surface area contributed by atoms with Gasteiger partial charge >= 0.3 is 33.3 Å². The van der Waals surface area contributed by atoms with Gasteiger partial charge in [-0.2, -0.15) is 9.29 Å². The number of esters is 2. The van der Waals surface area contributed by atoms with Crippen LogP contribution in [0.4, 0.5) is 5.82 Å². The third-order valence-electron chi connectivity index (χ3n) is 11.2. The first-order valence-corrected chi connectivity index (χ1v) is 28.1. The number of hydrogen-bond donors (Lipinski definition) is 5. The molecule has 0 amide bonds. The molecule has 3 heterocycles. The second-order valence-electron chi connectivity index (χ2n) is 17.3. The number of carbonyl (C=O) groups excluding carboxylic acids is 2. The minimum atomic E-state index is -5.44. The zero-order chi connectivity index (χ0) is 51.7. The van der Waals surface area contributed by atoms with E-state index in [0.717, 1.165) is 81.4 Å². The van der Waals surface area contributed by atoms with Crippen molar-refractivity contribution in [3.8, 4) is 0 Å². The Morgan fingerprint density at radius 2 is 1.28 bits per heavy atom. The van der Waals surface area contributed by atoms with E-state index in [1.54, 1.807) is 0 Å². The number of unbranched alkanes of at least 4 members (excludes halogenated alkanes) is 9. The van der Waals surface area contributed by atoms with Crippen LogP contribution >= 0.6 is 15.6 Å². The molecule has 71 heavy (non-hydrogen) atoms. The number of allylic oxidation sites excluding steroid dienone is 10. The first kappa shape index (κ1) is 61.5. The van der Waals surface area contributed by atoms with Gasteiger partial charge in [-0.1, -0.05) is 125 Å². The fourth-order valence-electron chi connectivity index (χ4n) is 7.20. The number of aliphatic hydroxyl groups excluding tert-OH is 2. The molecule has 2 saturated heterocycles. The number of anilines is 1. The van der Waals surface area contributed by atoms with Crippen LogP contribution in [0, 0.1) is 0 Å². The lowest BCUT2D eigenvalue weighted by molar-refractivity contribution is -0.161. The third kappa shape index (κ3) is 27.7. The summed E-state index contributed by atoms with van der Waals surface area (Å²) in [6.45, 7) is 1.92. The first-order chi connectivity index (χ1) is 34.1. The maximum absolute atomic E-state index is 12.8. The smallest absolute Gasteiger partial charge is 0.462 e. The van der Waals surface area contributed by atoms with Gasteiger partial charge in [-0.15, -0.1) is 0 Å². The van der Waals surface area contributed by atoms with E-state index in [-0.39, 0.29) is 18.7 Å². The average Bonchev–Trinajstić information content (AvgIpc) is 4.02. The molecular weight excluding hydrogens is 961 g/mol. The molecule has 400 valence electrons. The Hall–Kier alpha value is -3.84. The summed E-state index contributed by atoms with van der Waals surface area (Å²) in [5, 5.41) is 20.9. The van der Waals surface area contributed by atoms with Crippen molar-refractivity contribution in [3.63, 3.8) is 0 Å². The second kappa shape index (κ2) is 35.3. The molecular formula is C50H79N3O16P2. The van der Waals surface area contributed by atoms with Crippen molar-refractivity contribution < 1.29 is 71.0 Å². The van der Waals surface area contributed by atoms with Crippen LogP contribution in [0.3, 0.4) is 0 Å². The van der Waals surface area contributed by atoms with Gasteiger partial charge in [0.05, 0.1) is 25.4 Å². The van der Waals surface area contributed by atoms with Gasteiger partial charge in [-0.05, 0) is 83.1 Å². The zero-order valence-corrected chi connectivity index (χ0v) is 43.2. The van der Waals surface area contributed by atoms with Crippen LogP contribution in [-0.2, 0) is 51.0 Å². The van der Waals surface area contributed by atoms with Crippen LogP contribution < -0.4 is 11.4 Å². The largest absolute Gasteiger partial charge is 0.481 e. The van der Waals surface area contributed by atoms with Crippen LogP contribution in [0.2, 0.25) is 0 Å². The minimum absolute atomic E-state index is 0.00635. The predicted octanol–water partition coefficient (Wildman–Crippen LogP) is 9.10. The highest BCUT2D eigenvalue weighted by atomic mass is 31.3. The van der Waals surface area contributed by atoms with Crippen LogP contribution in [0.5, 0.6) is 0 Å². The van der Waals surface area contributed by atoms with Crippen LogP contribution in [0.1, 0.15) is 148 Å². The van der Waals surface area contributed by atoms with E-state index in [9.17, 15) is 43.5 Å². The molecule has 9 atom stereocenters. The number of aromatic nitrogens is 2. The SMILES string of the molecule is CC/C=C\CC1OC1C/C=C\C/C=C\C/C=C\C/C=C\CCC(=O)OC[C@H](COP(=O)(O)OP(=O)(O)OC[C@H]1O[C@@H](n2ccc(N)nc2=O)[C@H](O)[C@@H]1O)OC(=O)CCCCCCC/C=C\CCCCCC. The number of ether oxygens (including phenoxy) is 4. The van der Waals surface area contributed by atoms with Gasteiger partial charge in [0.2, 0.25) is 0 Å². The Balaban J connectivity index is 1.41. The lowest BCUT2D eigenvalue weighted by atomic mass is 10.1. The number of nitrogens with two attached hydrogens (primary N) is 1. The van der Waals surface area contributed by atoms with Gasteiger partial charge < -0.3 is 44.7 Å². The van der Waals surface area contributed by atoms with Crippen molar-refractivity contribution in [1.82, 2.24) is 9.55 Å². The van der Waals surface area contributed by atoms with Crippen molar-refractivity contribution in [1.29, 1.82) is 0 Å². The summed E-state index contributed by atoms with van der Waals surface area (Å²) in [6, 6.07) is 1.24. The second-order valence-corrected chi connectivity index (χ2v) is 20.4. The van der Waals surface area contributed by atoms with Crippen molar-refractivity contribution in [2.24, 2.45) is 0 Å². The molecule has 4 unspecified atom stereocenters. The van der Waals surface area contributed by atoms with Gasteiger partial charge in [-0.3, -0.25) is 23.2 Å². The summed E-state index contributed by atoms with van der Waals surface area (Å²) in [5.74, 6) is -1.42. The van der Waals surface area contributed by atoms with Gasteiger partial charge in [0.15, 0.2) is 12.3 Å². The minimum Gasteiger partial charge on any atom is -0.462 e. The Kier molecular flexibility index (Phi) is 30.6. The van der Waals surface area contributed by atoms with E-state index >= 15 is 0 Å². The van der Waals surface area contributed by atoms with Crippen molar-refractivity contribution >= 4 is 33.4 Å². The summed E-state index contributed by atoms with van der Waals surface area (Å²) in [5.41, 5.74) is 4.58. The van der Waals surface area contributed by atoms with Gasteiger partial charge in [0, 0.05) is 19.0 Å². The Labute approximate surface area is 419 Å². The maximum Gasteiger partial charge on any atom is 0.481 e. The Morgan fingerprint density at radius 3 is 1.93 bits per heavy atom. The number of phosphoric ester groups is 2. The molecule has 19 nitrogen and oxygen atoms in total. The molecule has 0 aliphatic carbocycles. The molecule has 0 aromatic carbocycles. The number of hydrogen-bond acceptors (Lipinski definition) is 16. The predicted molar refractivity (Wildman–Crippen MR) is 270 cm³/mol. The summed E-state index contributed by atoms with van der Waals surface area (Å²) >= 11 is 0. The molecule has 1 aromatic heterocycles. The lowest BCUT2D eigenvalue weighted by Crippen LogP contribution is -2.36. The maximum atomic E-state index is 12.8. The number of phosphoric acid groups is 2. The molecule has 0 radical (unpaired) electrons. The fourth-order valence-corrected chi connectivity index (χ4v) is 9.31. The number of nitrogens with zero attached hydrogens (tertiary/aromatic N) is 2. The highest BCUT2D eigenvalue weighted by Crippen LogP contribution is 2.60. The van der Waals surface area contributed by atoms with E-state index in [1.807, 2.05) is 18.2 Å². The summed E-state index contributed by atoms with van der Waals surface area (Å²) < 4.78 is 62.3. The summed E-state index contributed by atoms with van der Waals surface area (Å²) in [7, 11) is -10.9. The molecule has 2 fully saturated rings. The molecule has 0 saturated carbocycles. The highest BCUT2D eigenvalue weighted by molar-refractivity contribution is 7.61. The molecule has 3 rings (SSSR count). The molecule has 2 aliphatic rings. The van der Waals surface area contributed by atoms with Crippen LogP contribution in [0.25, 0.3) is 0 Å². The average molecular weight is 1040 g/mol.